The van der Waals surface area contributed by atoms with Crippen LogP contribution in [-0.2, 0) is 11.2 Å². The van der Waals surface area contributed by atoms with E-state index in [0.29, 0.717) is 23.4 Å². The molecule has 1 aromatic rings. The van der Waals surface area contributed by atoms with Crippen LogP contribution in [0.3, 0.4) is 0 Å². The van der Waals surface area contributed by atoms with Gasteiger partial charge in [0, 0.05) is 0 Å². The molecule has 1 atom stereocenters. The second kappa shape index (κ2) is 4.38. The van der Waals surface area contributed by atoms with Gasteiger partial charge in [-0.25, -0.2) is 15.0 Å². The number of hydrogen-bond acceptors (Lipinski definition) is 3. The zero-order chi connectivity index (χ0) is 13.3. The minimum atomic E-state index is -1.06. The Morgan fingerprint density at radius 2 is 2.06 bits per heavy atom. The first kappa shape index (κ1) is 12.5. The largest absolute Gasteiger partial charge is 0.339 e. The minimum absolute atomic E-state index is 0.298. The quantitative estimate of drug-likeness (QED) is 0.477. The van der Waals surface area contributed by atoms with Gasteiger partial charge in [0.2, 0.25) is 0 Å². The molecule has 1 saturated heterocycles. The number of urea groups is 1. The van der Waals surface area contributed by atoms with Gasteiger partial charge in [0.25, 0.3) is 5.91 Å². The van der Waals surface area contributed by atoms with Crippen LogP contribution in [0, 0.1) is 5.82 Å². The fraction of sp³-hybridized carbons (Fsp3) is 0.333. The Morgan fingerprint density at radius 1 is 1.39 bits per heavy atom. The molecule has 0 bridgehead atoms. The number of halogens is 1. The number of nitrogens with zero attached hydrogens (tertiary/aromatic N) is 1. The number of hydrazine groups is 1. The lowest BCUT2D eigenvalue weighted by molar-refractivity contribution is -0.131. The number of rotatable bonds is 3. The Balaban J connectivity index is 2.09. The summed E-state index contributed by atoms with van der Waals surface area (Å²) in [5.74, 6) is 4.48. The van der Waals surface area contributed by atoms with Crippen molar-refractivity contribution in [3.63, 3.8) is 0 Å². The fourth-order valence-corrected chi connectivity index (χ4v) is 1.96. The molecule has 18 heavy (non-hydrogen) atoms. The SMILES string of the molecule is CC1(CCc2ccccc2F)NC(=O)N(N)C1=O. The van der Waals surface area contributed by atoms with E-state index in [4.69, 9.17) is 5.84 Å². The number of amides is 3. The zero-order valence-electron chi connectivity index (χ0n) is 9.94. The lowest BCUT2D eigenvalue weighted by Crippen LogP contribution is -2.45. The zero-order valence-corrected chi connectivity index (χ0v) is 9.94. The maximum Gasteiger partial charge on any atom is 0.339 e. The third-order valence-corrected chi connectivity index (χ3v) is 3.14. The van der Waals surface area contributed by atoms with Crippen LogP contribution in [0.15, 0.2) is 24.3 Å². The van der Waals surface area contributed by atoms with Crippen LogP contribution < -0.4 is 11.2 Å². The fourth-order valence-electron chi connectivity index (χ4n) is 1.96. The highest BCUT2D eigenvalue weighted by Gasteiger charge is 2.46. The molecule has 0 radical (unpaired) electrons. The first-order valence-electron chi connectivity index (χ1n) is 5.59. The molecule has 1 heterocycles. The summed E-state index contributed by atoms with van der Waals surface area (Å²) in [4.78, 5) is 23.0. The summed E-state index contributed by atoms with van der Waals surface area (Å²) < 4.78 is 13.4. The molecular formula is C12H14FN3O2. The Bertz CT molecular complexity index is 506. The van der Waals surface area contributed by atoms with E-state index >= 15 is 0 Å². The van der Waals surface area contributed by atoms with Gasteiger partial charge in [0.15, 0.2) is 0 Å². The molecule has 5 nitrogen and oxygen atoms in total. The molecule has 0 aliphatic carbocycles. The van der Waals surface area contributed by atoms with Gasteiger partial charge in [0.05, 0.1) is 0 Å². The van der Waals surface area contributed by atoms with E-state index in [1.807, 2.05) is 0 Å². The maximum absolute atomic E-state index is 13.4. The van der Waals surface area contributed by atoms with Gasteiger partial charge >= 0.3 is 6.03 Å². The van der Waals surface area contributed by atoms with Crippen LogP contribution in [-0.4, -0.2) is 22.5 Å². The highest BCUT2D eigenvalue weighted by molar-refractivity contribution is 6.06. The topological polar surface area (TPSA) is 75.4 Å². The molecule has 0 aromatic heterocycles. The minimum Gasteiger partial charge on any atom is -0.322 e. The predicted molar refractivity (Wildman–Crippen MR) is 62.7 cm³/mol. The molecule has 0 saturated carbocycles. The normalized spacial score (nSPS) is 23.4. The average molecular weight is 251 g/mol. The highest BCUT2D eigenvalue weighted by atomic mass is 19.1. The summed E-state index contributed by atoms with van der Waals surface area (Å²) in [6.07, 6.45) is 0.648. The number of hydrogen-bond donors (Lipinski definition) is 2. The maximum atomic E-state index is 13.4. The van der Waals surface area contributed by atoms with E-state index < -0.39 is 17.5 Å². The van der Waals surface area contributed by atoms with E-state index in [1.54, 1.807) is 25.1 Å². The molecule has 1 aliphatic rings. The summed E-state index contributed by atoms with van der Waals surface area (Å²) >= 11 is 0. The van der Waals surface area contributed by atoms with E-state index in [2.05, 4.69) is 5.32 Å². The van der Waals surface area contributed by atoms with Gasteiger partial charge < -0.3 is 5.32 Å². The number of carbonyl (C=O) groups excluding carboxylic acids is 2. The number of nitrogens with two attached hydrogens (primary N) is 1. The molecule has 1 aromatic carbocycles. The van der Waals surface area contributed by atoms with Gasteiger partial charge in [-0.15, -0.1) is 0 Å². The van der Waals surface area contributed by atoms with Crippen LogP contribution in [0.25, 0.3) is 0 Å². The van der Waals surface area contributed by atoms with Crippen molar-refractivity contribution < 1.29 is 14.0 Å². The standard InChI is InChI=1S/C12H14FN3O2/c1-12(10(17)16(14)11(18)15-12)7-6-8-4-2-3-5-9(8)13/h2-5H,6-7,14H2,1H3,(H,15,18). The molecule has 3 N–H and O–H groups in total. The summed E-state index contributed by atoms with van der Waals surface area (Å²) in [5, 5.41) is 3.07. The van der Waals surface area contributed by atoms with Crippen LogP contribution >= 0.6 is 0 Å². The molecule has 1 aliphatic heterocycles. The summed E-state index contributed by atoms with van der Waals surface area (Å²) in [6, 6.07) is 5.72. The molecule has 96 valence electrons. The highest BCUT2D eigenvalue weighted by Crippen LogP contribution is 2.22. The molecule has 0 spiro atoms. The smallest absolute Gasteiger partial charge is 0.322 e. The average Bonchev–Trinajstić information content (AvgIpc) is 2.53. The van der Waals surface area contributed by atoms with E-state index in [1.165, 1.54) is 6.07 Å². The Hall–Kier alpha value is -1.95. The molecule has 1 unspecified atom stereocenters. The molecule has 6 heteroatoms. The lowest BCUT2D eigenvalue weighted by atomic mass is 9.93. The van der Waals surface area contributed by atoms with Gasteiger partial charge in [0.1, 0.15) is 11.4 Å². The third-order valence-electron chi connectivity index (χ3n) is 3.14. The van der Waals surface area contributed by atoms with Crippen LogP contribution in [0.4, 0.5) is 9.18 Å². The third kappa shape index (κ3) is 2.06. The van der Waals surface area contributed by atoms with Crippen LogP contribution in [0.5, 0.6) is 0 Å². The van der Waals surface area contributed by atoms with Crippen molar-refractivity contribution >= 4 is 11.9 Å². The second-order valence-corrected chi connectivity index (χ2v) is 4.53. The van der Waals surface area contributed by atoms with Crippen molar-refractivity contribution in [1.82, 2.24) is 10.3 Å². The van der Waals surface area contributed by atoms with Crippen molar-refractivity contribution in [2.45, 2.75) is 25.3 Å². The number of imide groups is 1. The number of nitrogens with one attached hydrogen (secondary N) is 1. The Labute approximate surface area is 104 Å². The lowest BCUT2D eigenvalue weighted by Gasteiger charge is -2.20. The Kier molecular flexibility index (Phi) is 3.04. The van der Waals surface area contributed by atoms with Crippen molar-refractivity contribution in [2.75, 3.05) is 0 Å². The van der Waals surface area contributed by atoms with Gasteiger partial charge in [-0.3, -0.25) is 4.79 Å². The summed E-state index contributed by atoms with van der Waals surface area (Å²) in [7, 11) is 0. The first-order valence-corrected chi connectivity index (χ1v) is 5.59. The van der Waals surface area contributed by atoms with Crippen LogP contribution in [0.1, 0.15) is 18.9 Å². The van der Waals surface area contributed by atoms with Gasteiger partial charge in [-0.05, 0) is 31.4 Å². The molecule has 1 fully saturated rings. The van der Waals surface area contributed by atoms with Crippen molar-refractivity contribution in [2.24, 2.45) is 5.84 Å². The Morgan fingerprint density at radius 3 is 2.61 bits per heavy atom. The van der Waals surface area contributed by atoms with E-state index in [9.17, 15) is 14.0 Å². The number of benzene rings is 1. The van der Waals surface area contributed by atoms with E-state index in [0.717, 1.165) is 0 Å². The predicted octanol–water partition coefficient (Wildman–Crippen LogP) is 0.942. The number of carbonyl (C=O) groups is 2. The number of aryl methyl sites for hydroxylation is 1. The monoisotopic (exact) mass is 251 g/mol. The molecule has 2 rings (SSSR count). The van der Waals surface area contributed by atoms with Crippen molar-refractivity contribution in [3.05, 3.63) is 35.6 Å². The first-order chi connectivity index (χ1) is 8.44. The molecule has 3 amide bonds. The van der Waals surface area contributed by atoms with Gasteiger partial charge in [-0.1, -0.05) is 18.2 Å². The second-order valence-electron chi connectivity index (χ2n) is 4.53. The molecular weight excluding hydrogens is 237 g/mol. The summed E-state index contributed by atoms with van der Waals surface area (Å²) in [6.45, 7) is 1.58. The summed E-state index contributed by atoms with van der Waals surface area (Å²) in [5.41, 5.74) is -0.551. The van der Waals surface area contributed by atoms with Crippen molar-refractivity contribution in [3.8, 4) is 0 Å². The van der Waals surface area contributed by atoms with Crippen LogP contribution in [0.2, 0.25) is 0 Å². The van der Waals surface area contributed by atoms with Crippen molar-refractivity contribution in [1.29, 1.82) is 0 Å². The van der Waals surface area contributed by atoms with E-state index in [-0.39, 0.29) is 5.82 Å². The van der Waals surface area contributed by atoms with Gasteiger partial charge in [-0.2, -0.15) is 5.01 Å².